The molecule has 0 radical (unpaired) electrons. The molecule has 0 atom stereocenters. The van der Waals surface area contributed by atoms with Gasteiger partial charge in [-0.15, -0.1) is 0 Å². The second-order valence-electron chi connectivity index (χ2n) is 5.47. The van der Waals surface area contributed by atoms with Crippen molar-refractivity contribution in [2.45, 2.75) is 45.3 Å². The van der Waals surface area contributed by atoms with Gasteiger partial charge in [-0.25, -0.2) is 4.79 Å². The van der Waals surface area contributed by atoms with Gasteiger partial charge in [0.2, 0.25) is 0 Å². The molecule has 3 rings (SSSR count). The van der Waals surface area contributed by atoms with Gasteiger partial charge in [-0.2, -0.15) is 0 Å². The third kappa shape index (κ3) is 2.31. The van der Waals surface area contributed by atoms with Gasteiger partial charge in [0.05, 0.1) is 5.56 Å². The van der Waals surface area contributed by atoms with Crippen LogP contribution in [0.15, 0.2) is 24.3 Å². The quantitative estimate of drug-likeness (QED) is 0.879. The molecular weight excluding hydrogens is 252 g/mol. The maximum Gasteiger partial charge on any atom is 0.335 e. The van der Waals surface area contributed by atoms with E-state index in [-0.39, 0.29) is 0 Å². The van der Waals surface area contributed by atoms with Gasteiger partial charge in [0.15, 0.2) is 0 Å². The molecule has 1 saturated carbocycles. The van der Waals surface area contributed by atoms with Gasteiger partial charge in [-0.1, -0.05) is 6.42 Å². The van der Waals surface area contributed by atoms with Crippen LogP contribution >= 0.6 is 0 Å². The van der Waals surface area contributed by atoms with Crippen LogP contribution in [0.1, 0.15) is 42.2 Å². The van der Waals surface area contributed by atoms with Crippen LogP contribution in [0.25, 0.3) is 10.9 Å². The van der Waals surface area contributed by atoms with E-state index in [9.17, 15) is 4.79 Å². The van der Waals surface area contributed by atoms with Gasteiger partial charge >= 0.3 is 5.97 Å². The summed E-state index contributed by atoms with van der Waals surface area (Å²) in [5.41, 5.74) is 2.70. The predicted octanol–water partition coefficient (Wildman–Crippen LogP) is 3.00. The number of nitrogens with one attached hydrogen (secondary N) is 1. The number of hydrogen-bond donors (Lipinski definition) is 2. The molecule has 2 aromatic rings. The number of hydrogen-bond acceptors (Lipinski definition) is 2. The van der Waals surface area contributed by atoms with E-state index < -0.39 is 5.97 Å². The molecule has 0 unspecified atom stereocenters. The number of carbonyl (C=O) groups is 1. The van der Waals surface area contributed by atoms with Gasteiger partial charge in [0.25, 0.3) is 0 Å². The number of aromatic nitrogens is 1. The molecule has 1 aliphatic carbocycles. The number of benzene rings is 1. The van der Waals surface area contributed by atoms with Crippen LogP contribution in [0.4, 0.5) is 0 Å². The average molecular weight is 272 g/mol. The smallest absolute Gasteiger partial charge is 0.335 e. The highest BCUT2D eigenvalue weighted by atomic mass is 16.4. The Hall–Kier alpha value is -1.81. The minimum absolute atomic E-state index is 0.351. The topological polar surface area (TPSA) is 54.3 Å². The van der Waals surface area contributed by atoms with E-state index in [4.69, 9.17) is 5.11 Å². The third-order valence-electron chi connectivity index (χ3n) is 4.23. The van der Waals surface area contributed by atoms with Crippen molar-refractivity contribution in [3.8, 4) is 0 Å². The average Bonchev–Trinajstić information content (AvgIpc) is 2.73. The van der Waals surface area contributed by atoms with Crippen molar-refractivity contribution in [1.29, 1.82) is 0 Å². The van der Waals surface area contributed by atoms with Gasteiger partial charge in [0, 0.05) is 35.7 Å². The Kier molecular flexibility index (Phi) is 3.49. The zero-order valence-corrected chi connectivity index (χ0v) is 11.7. The molecule has 2 N–H and O–H groups in total. The van der Waals surface area contributed by atoms with Crippen LogP contribution in [0.5, 0.6) is 0 Å². The Morgan fingerprint density at radius 2 is 2.20 bits per heavy atom. The van der Waals surface area contributed by atoms with Crippen molar-refractivity contribution < 1.29 is 9.90 Å². The molecule has 1 fully saturated rings. The first-order chi connectivity index (χ1) is 9.69. The summed E-state index contributed by atoms with van der Waals surface area (Å²) >= 11 is 0. The molecule has 106 valence electrons. The van der Waals surface area contributed by atoms with Crippen LogP contribution in [0, 0.1) is 0 Å². The monoisotopic (exact) mass is 272 g/mol. The summed E-state index contributed by atoms with van der Waals surface area (Å²) in [6.07, 6.45) is 3.88. The molecule has 1 aromatic carbocycles. The molecular formula is C16H20N2O2. The van der Waals surface area contributed by atoms with Crippen LogP contribution < -0.4 is 5.32 Å². The van der Waals surface area contributed by atoms with Crippen molar-refractivity contribution in [1.82, 2.24) is 9.88 Å². The van der Waals surface area contributed by atoms with Crippen molar-refractivity contribution in [3.63, 3.8) is 0 Å². The summed E-state index contributed by atoms with van der Waals surface area (Å²) in [5.74, 6) is -0.870. The lowest BCUT2D eigenvalue weighted by Crippen LogP contribution is -2.35. The lowest BCUT2D eigenvalue weighted by molar-refractivity contribution is 0.0697. The zero-order chi connectivity index (χ0) is 14.1. The molecule has 0 aliphatic heterocycles. The number of carboxylic acid groups (broad SMARTS) is 1. The lowest BCUT2D eigenvalue weighted by Gasteiger charge is -2.26. The normalized spacial score (nSPS) is 15.4. The fraction of sp³-hybridized carbons (Fsp3) is 0.438. The van der Waals surface area contributed by atoms with Crippen molar-refractivity contribution in [2.24, 2.45) is 0 Å². The number of aromatic carboxylic acids is 1. The van der Waals surface area contributed by atoms with E-state index in [2.05, 4.69) is 22.9 Å². The molecule has 0 saturated heterocycles. The van der Waals surface area contributed by atoms with E-state index in [1.54, 1.807) is 12.1 Å². The van der Waals surface area contributed by atoms with Crippen LogP contribution in [-0.4, -0.2) is 21.7 Å². The summed E-state index contributed by atoms with van der Waals surface area (Å²) in [4.78, 5) is 11.0. The zero-order valence-electron chi connectivity index (χ0n) is 11.7. The van der Waals surface area contributed by atoms with Gasteiger partial charge in [-0.05, 0) is 44.0 Å². The molecule has 4 nitrogen and oxygen atoms in total. The molecule has 1 aromatic heterocycles. The summed E-state index contributed by atoms with van der Waals surface area (Å²) in [5, 5.41) is 13.7. The molecule has 1 aliphatic rings. The Bertz CT molecular complexity index is 641. The van der Waals surface area contributed by atoms with E-state index in [0.717, 1.165) is 24.0 Å². The number of carboxylic acids is 1. The number of aryl methyl sites for hydroxylation is 1. The Morgan fingerprint density at radius 1 is 1.40 bits per heavy atom. The maximum absolute atomic E-state index is 11.0. The second-order valence-corrected chi connectivity index (χ2v) is 5.47. The molecule has 0 bridgehead atoms. The number of nitrogens with zero attached hydrogens (tertiary/aromatic N) is 1. The Balaban J connectivity index is 1.91. The highest BCUT2D eigenvalue weighted by molar-refractivity contribution is 5.94. The highest BCUT2D eigenvalue weighted by Crippen LogP contribution is 2.23. The van der Waals surface area contributed by atoms with E-state index in [1.165, 1.54) is 25.0 Å². The summed E-state index contributed by atoms with van der Waals surface area (Å²) < 4.78 is 2.26. The standard InChI is InChI=1S/C16H20N2O2/c1-2-18-14(10-17-13-4-3-5-13)9-12-8-11(16(19)20)6-7-15(12)18/h6-9,13,17H,2-5,10H2,1H3,(H,19,20). The number of fused-ring (bicyclic) bond motifs is 1. The third-order valence-corrected chi connectivity index (χ3v) is 4.23. The first-order valence-corrected chi connectivity index (χ1v) is 7.28. The SMILES string of the molecule is CCn1c(CNC2CCC2)cc2cc(C(=O)O)ccc21. The summed E-state index contributed by atoms with van der Waals surface area (Å²) in [6, 6.07) is 8.12. The van der Waals surface area contributed by atoms with Crippen LogP contribution in [0.2, 0.25) is 0 Å². The Morgan fingerprint density at radius 3 is 2.80 bits per heavy atom. The fourth-order valence-corrected chi connectivity index (χ4v) is 2.84. The number of rotatable bonds is 5. The second kappa shape index (κ2) is 5.29. The van der Waals surface area contributed by atoms with Crippen molar-refractivity contribution in [3.05, 3.63) is 35.5 Å². The minimum Gasteiger partial charge on any atom is -0.478 e. The molecule has 0 amide bonds. The molecule has 0 spiro atoms. The first kappa shape index (κ1) is 13.2. The van der Waals surface area contributed by atoms with Crippen LogP contribution in [0.3, 0.4) is 0 Å². The van der Waals surface area contributed by atoms with Crippen molar-refractivity contribution >= 4 is 16.9 Å². The van der Waals surface area contributed by atoms with Crippen molar-refractivity contribution in [2.75, 3.05) is 0 Å². The van der Waals surface area contributed by atoms with Gasteiger partial charge in [-0.3, -0.25) is 0 Å². The predicted molar refractivity (Wildman–Crippen MR) is 79.1 cm³/mol. The summed E-state index contributed by atoms with van der Waals surface area (Å²) in [7, 11) is 0. The molecule has 4 heteroatoms. The maximum atomic E-state index is 11.0. The lowest BCUT2D eigenvalue weighted by atomic mass is 9.93. The van der Waals surface area contributed by atoms with E-state index in [1.807, 2.05) is 6.07 Å². The van der Waals surface area contributed by atoms with Crippen LogP contribution in [-0.2, 0) is 13.1 Å². The van der Waals surface area contributed by atoms with E-state index in [0.29, 0.717) is 11.6 Å². The molecule has 20 heavy (non-hydrogen) atoms. The fourth-order valence-electron chi connectivity index (χ4n) is 2.84. The first-order valence-electron chi connectivity index (χ1n) is 7.28. The minimum atomic E-state index is -0.870. The largest absolute Gasteiger partial charge is 0.478 e. The Labute approximate surface area is 118 Å². The highest BCUT2D eigenvalue weighted by Gasteiger charge is 2.17. The van der Waals surface area contributed by atoms with E-state index >= 15 is 0 Å². The molecule has 1 heterocycles. The van der Waals surface area contributed by atoms with Gasteiger partial charge in [0.1, 0.15) is 0 Å². The van der Waals surface area contributed by atoms with Gasteiger partial charge < -0.3 is 15.0 Å². The summed E-state index contributed by atoms with van der Waals surface area (Å²) in [6.45, 7) is 3.88.